The van der Waals surface area contributed by atoms with E-state index in [4.69, 9.17) is 14.2 Å². The second-order valence-electron chi connectivity index (χ2n) is 5.22. The number of hydrogen-bond acceptors (Lipinski definition) is 4. The highest BCUT2D eigenvalue weighted by Crippen LogP contribution is 2.30. The molecule has 0 saturated carbocycles. The molecule has 2 atom stereocenters. The van der Waals surface area contributed by atoms with E-state index in [-0.39, 0.29) is 18.2 Å². The van der Waals surface area contributed by atoms with Crippen LogP contribution in [0.15, 0.2) is 24.3 Å². The van der Waals surface area contributed by atoms with Crippen molar-refractivity contribution in [3.05, 3.63) is 24.3 Å². The van der Waals surface area contributed by atoms with E-state index in [1.807, 2.05) is 24.3 Å². The minimum absolute atomic E-state index is 0.150. The number of para-hydroxylation sites is 2. The van der Waals surface area contributed by atoms with Crippen molar-refractivity contribution in [2.75, 3.05) is 26.3 Å². The number of urea groups is 1. The van der Waals surface area contributed by atoms with Crippen molar-refractivity contribution >= 4 is 6.03 Å². The number of benzene rings is 1. The standard InChI is InChI=1S/C15H20N2O4/c18-15(16-8-11-4-3-7-19-11)17-9-12-10-20-13-5-1-2-6-14(13)21-12/h1-2,5-6,11-12H,3-4,7-10H2,(H2,16,17,18)/t11-,12+/m0/s1. The van der Waals surface area contributed by atoms with Gasteiger partial charge in [-0.3, -0.25) is 0 Å². The Morgan fingerprint density at radius 1 is 1.14 bits per heavy atom. The van der Waals surface area contributed by atoms with Crippen LogP contribution in [0, 0.1) is 0 Å². The lowest BCUT2D eigenvalue weighted by molar-refractivity contribution is 0.0909. The molecule has 0 radical (unpaired) electrons. The SMILES string of the molecule is O=C(NC[C@@H]1CCCO1)NC[C@@H]1COc2ccccc2O1. The van der Waals surface area contributed by atoms with Crippen molar-refractivity contribution in [2.45, 2.75) is 25.0 Å². The molecule has 2 N–H and O–H groups in total. The van der Waals surface area contributed by atoms with Crippen LogP contribution in [0.4, 0.5) is 4.79 Å². The second kappa shape index (κ2) is 6.67. The number of ether oxygens (including phenoxy) is 3. The molecule has 114 valence electrons. The third kappa shape index (κ3) is 3.78. The number of rotatable bonds is 4. The summed E-state index contributed by atoms with van der Waals surface area (Å²) in [5, 5.41) is 5.61. The predicted octanol–water partition coefficient (Wildman–Crippen LogP) is 1.30. The van der Waals surface area contributed by atoms with Crippen LogP contribution in [-0.2, 0) is 4.74 Å². The van der Waals surface area contributed by atoms with Gasteiger partial charge < -0.3 is 24.8 Å². The van der Waals surface area contributed by atoms with Gasteiger partial charge in [0.05, 0.1) is 12.6 Å². The zero-order valence-corrected chi connectivity index (χ0v) is 11.8. The molecular formula is C15H20N2O4. The Morgan fingerprint density at radius 2 is 1.90 bits per heavy atom. The third-order valence-corrected chi connectivity index (χ3v) is 3.57. The number of fused-ring (bicyclic) bond motifs is 1. The van der Waals surface area contributed by atoms with E-state index in [0.717, 1.165) is 30.9 Å². The Balaban J connectivity index is 1.38. The molecule has 2 heterocycles. The van der Waals surface area contributed by atoms with Crippen LogP contribution >= 0.6 is 0 Å². The number of carbonyl (C=O) groups is 1. The molecule has 0 bridgehead atoms. The summed E-state index contributed by atoms with van der Waals surface area (Å²) in [7, 11) is 0. The van der Waals surface area contributed by atoms with Gasteiger partial charge in [0.15, 0.2) is 17.6 Å². The first-order chi connectivity index (χ1) is 10.3. The third-order valence-electron chi connectivity index (χ3n) is 3.57. The van der Waals surface area contributed by atoms with Gasteiger partial charge in [0, 0.05) is 13.2 Å². The Kier molecular flexibility index (Phi) is 4.45. The van der Waals surface area contributed by atoms with E-state index >= 15 is 0 Å². The Labute approximate surface area is 123 Å². The lowest BCUT2D eigenvalue weighted by Gasteiger charge is -2.26. The molecule has 0 spiro atoms. The van der Waals surface area contributed by atoms with Gasteiger partial charge in [-0.2, -0.15) is 0 Å². The van der Waals surface area contributed by atoms with Crippen LogP contribution in [0.1, 0.15) is 12.8 Å². The number of amides is 2. The Bertz CT molecular complexity index is 488. The molecule has 3 rings (SSSR count). The van der Waals surface area contributed by atoms with Gasteiger partial charge in [-0.15, -0.1) is 0 Å². The highest BCUT2D eigenvalue weighted by Gasteiger charge is 2.21. The summed E-state index contributed by atoms with van der Waals surface area (Å²) in [5.74, 6) is 1.46. The Morgan fingerprint density at radius 3 is 2.67 bits per heavy atom. The van der Waals surface area contributed by atoms with Crippen LogP contribution in [0.3, 0.4) is 0 Å². The van der Waals surface area contributed by atoms with Crippen molar-refractivity contribution in [3.8, 4) is 11.5 Å². The molecule has 0 unspecified atom stereocenters. The molecule has 0 aromatic heterocycles. The van der Waals surface area contributed by atoms with Gasteiger partial charge in [0.2, 0.25) is 0 Å². The molecule has 1 fully saturated rings. The van der Waals surface area contributed by atoms with E-state index in [0.29, 0.717) is 19.7 Å². The minimum atomic E-state index is -0.201. The molecule has 2 aliphatic rings. The number of hydrogen-bond donors (Lipinski definition) is 2. The van der Waals surface area contributed by atoms with Crippen LogP contribution in [-0.4, -0.2) is 44.5 Å². The maximum absolute atomic E-state index is 11.7. The van der Waals surface area contributed by atoms with E-state index in [2.05, 4.69) is 10.6 Å². The summed E-state index contributed by atoms with van der Waals surface area (Å²) < 4.78 is 16.8. The van der Waals surface area contributed by atoms with Gasteiger partial charge in [0.25, 0.3) is 0 Å². The van der Waals surface area contributed by atoms with Crippen LogP contribution < -0.4 is 20.1 Å². The van der Waals surface area contributed by atoms with Crippen molar-refractivity contribution in [1.82, 2.24) is 10.6 Å². The monoisotopic (exact) mass is 292 g/mol. The molecule has 2 amide bonds. The van der Waals surface area contributed by atoms with Gasteiger partial charge >= 0.3 is 6.03 Å². The molecular weight excluding hydrogens is 272 g/mol. The fourth-order valence-electron chi connectivity index (χ4n) is 2.44. The van der Waals surface area contributed by atoms with Crippen LogP contribution in [0.25, 0.3) is 0 Å². The molecule has 6 nitrogen and oxygen atoms in total. The van der Waals surface area contributed by atoms with Crippen LogP contribution in [0.2, 0.25) is 0 Å². The van der Waals surface area contributed by atoms with E-state index in [1.54, 1.807) is 0 Å². The fraction of sp³-hybridized carbons (Fsp3) is 0.533. The molecule has 2 aliphatic heterocycles. The molecule has 21 heavy (non-hydrogen) atoms. The minimum Gasteiger partial charge on any atom is -0.486 e. The maximum atomic E-state index is 11.7. The summed E-state index contributed by atoms with van der Waals surface area (Å²) in [4.78, 5) is 11.7. The summed E-state index contributed by atoms with van der Waals surface area (Å²) in [5.41, 5.74) is 0. The lowest BCUT2D eigenvalue weighted by Crippen LogP contribution is -2.45. The second-order valence-corrected chi connectivity index (χ2v) is 5.22. The van der Waals surface area contributed by atoms with E-state index in [1.165, 1.54) is 0 Å². The summed E-state index contributed by atoms with van der Waals surface area (Å²) in [6.45, 7) is 2.19. The van der Waals surface area contributed by atoms with Crippen molar-refractivity contribution in [2.24, 2.45) is 0 Å². The van der Waals surface area contributed by atoms with Crippen molar-refractivity contribution < 1.29 is 19.0 Å². The largest absolute Gasteiger partial charge is 0.486 e. The van der Waals surface area contributed by atoms with Crippen molar-refractivity contribution in [1.29, 1.82) is 0 Å². The molecule has 6 heteroatoms. The highest BCUT2D eigenvalue weighted by molar-refractivity contribution is 5.73. The molecule has 1 aromatic carbocycles. The van der Waals surface area contributed by atoms with Crippen LogP contribution in [0.5, 0.6) is 11.5 Å². The first-order valence-electron chi connectivity index (χ1n) is 7.33. The zero-order valence-electron chi connectivity index (χ0n) is 11.8. The topological polar surface area (TPSA) is 68.8 Å². The number of nitrogens with one attached hydrogen (secondary N) is 2. The summed E-state index contributed by atoms with van der Waals surface area (Å²) >= 11 is 0. The lowest BCUT2D eigenvalue weighted by atomic mass is 10.2. The first-order valence-corrected chi connectivity index (χ1v) is 7.33. The molecule has 1 aromatic rings. The predicted molar refractivity (Wildman–Crippen MR) is 76.7 cm³/mol. The quantitative estimate of drug-likeness (QED) is 0.878. The normalized spacial score (nSPS) is 23.6. The smallest absolute Gasteiger partial charge is 0.315 e. The average Bonchev–Trinajstić information content (AvgIpc) is 3.04. The van der Waals surface area contributed by atoms with Gasteiger partial charge in [-0.05, 0) is 25.0 Å². The van der Waals surface area contributed by atoms with Crippen molar-refractivity contribution in [3.63, 3.8) is 0 Å². The summed E-state index contributed by atoms with van der Waals surface area (Å²) in [6.07, 6.45) is 2.06. The van der Waals surface area contributed by atoms with E-state index in [9.17, 15) is 4.79 Å². The number of carbonyl (C=O) groups excluding carboxylic acids is 1. The summed E-state index contributed by atoms with van der Waals surface area (Å²) in [6, 6.07) is 7.32. The molecule has 1 saturated heterocycles. The van der Waals surface area contributed by atoms with Gasteiger partial charge in [-0.1, -0.05) is 12.1 Å². The van der Waals surface area contributed by atoms with Gasteiger partial charge in [-0.25, -0.2) is 4.79 Å². The fourth-order valence-corrected chi connectivity index (χ4v) is 2.44. The van der Waals surface area contributed by atoms with E-state index < -0.39 is 0 Å². The maximum Gasteiger partial charge on any atom is 0.315 e. The van der Waals surface area contributed by atoms with Gasteiger partial charge in [0.1, 0.15) is 6.61 Å². The average molecular weight is 292 g/mol. The molecule has 0 aliphatic carbocycles. The zero-order chi connectivity index (χ0) is 14.5. The Hall–Kier alpha value is -1.95. The highest BCUT2D eigenvalue weighted by atomic mass is 16.6. The first kappa shape index (κ1) is 14.0.